The summed E-state index contributed by atoms with van der Waals surface area (Å²) in [7, 11) is 0. The minimum Gasteiger partial charge on any atom is -0.481 e. The summed E-state index contributed by atoms with van der Waals surface area (Å²) in [6.07, 6.45) is 17.7. The second kappa shape index (κ2) is 20.8. The Kier molecular flexibility index (Phi) is 22.6. The van der Waals surface area contributed by atoms with Gasteiger partial charge in [0, 0.05) is 6.42 Å². The minimum absolute atomic E-state index is 0.327. The minimum atomic E-state index is -0.682. The highest BCUT2D eigenvalue weighted by atomic mass is 16.4. The molecule has 0 rings (SSSR count). The van der Waals surface area contributed by atoms with Crippen LogP contribution in [0.2, 0.25) is 0 Å². The fourth-order valence-corrected chi connectivity index (χ4v) is 2.09. The molecule has 0 aliphatic rings. The van der Waals surface area contributed by atoms with Crippen LogP contribution >= 0.6 is 0 Å². The maximum Gasteiger partial charge on any atom is 0.303 e. The molecule has 0 saturated carbocycles. The lowest BCUT2D eigenvalue weighted by molar-refractivity contribution is -0.137. The Labute approximate surface area is 127 Å². The lowest BCUT2D eigenvalue weighted by Gasteiger charge is -1.99. The quantitative estimate of drug-likeness (QED) is 0.388. The van der Waals surface area contributed by atoms with Crippen molar-refractivity contribution in [2.75, 3.05) is 0 Å². The van der Waals surface area contributed by atoms with Gasteiger partial charge in [0.25, 0.3) is 0 Å². The van der Waals surface area contributed by atoms with Crippen LogP contribution in [0.4, 0.5) is 0 Å². The van der Waals surface area contributed by atoms with Crippen molar-refractivity contribution in [1.82, 2.24) is 0 Å². The lowest BCUT2D eigenvalue weighted by Crippen LogP contribution is -1.92. The highest BCUT2D eigenvalue weighted by molar-refractivity contribution is 5.66. The third-order valence-corrected chi connectivity index (χ3v) is 3.45. The number of carboxylic acids is 1. The monoisotopic (exact) mass is 286 g/mol. The van der Waals surface area contributed by atoms with Crippen molar-refractivity contribution >= 4 is 5.97 Å². The smallest absolute Gasteiger partial charge is 0.303 e. The lowest BCUT2D eigenvalue weighted by atomic mass is 10.1. The summed E-state index contributed by atoms with van der Waals surface area (Å²) >= 11 is 0. The first kappa shape index (κ1) is 21.8. The SMILES string of the molecule is CCCCCC(=O)O.CCCCCCCCCCCC. The van der Waals surface area contributed by atoms with Crippen LogP contribution in [-0.4, -0.2) is 11.1 Å². The van der Waals surface area contributed by atoms with Crippen molar-refractivity contribution in [1.29, 1.82) is 0 Å². The van der Waals surface area contributed by atoms with E-state index in [1.807, 2.05) is 0 Å². The Balaban J connectivity index is 0. The van der Waals surface area contributed by atoms with Gasteiger partial charge in [-0.15, -0.1) is 0 Å². The molecular weight excluding hydrogens is 248 g/mol. The Bertz CT molecular complexity index is 168. The van der Waals surface area contributed by atoms with Crippen molar-refractivity contribution < 1.29 is 9.90 Å². The van der Waals surface area contributed by atoms with Gasteiger partial charge in [-0.3, -0.25) is 4.79 Å². The van der Waals surface area contributed by atoms with Crippen LogP contribution in [0.5, 0.6) is 0 Å². The van der Waals surface area contributed by atoms with E-state index in [2.05, 4.69) is 20.8 Å². The predicted molar refractivity (Wildman–Crippen MR) is 89.3 cm³/mol. The van der Waals surface area contributed by atoms with Gasteiger partial charge in [0.05, 0.1) is 0 Å². The van der Waals surface area contributed by atoms with E-state index in [1.54, 1.807) is 0 Å². The Morgan fingerprint density at radius 1 is 0.600 bits per heavy atom. The number of carboxylic acid groups (broad SMARTS) is 1. The molecule has 122 valence electrons. The normalized spacial score (nSPS) is 9.95. The number of carbonyl (C=O) groups is 1. The van der Waals surface area contributed by atoms with E-state index in [0.29, 0.717) is 6.42 Å². The third kappa shape index (κ3) is 26.1. The summed E-state index contributed by atoms with van der Waals surface area (Å²) in [5, 5.41) is 8.14. The van der Waals surface area contributed by atoms with E-state index >= 15 is 0 Å². The van der Waals surface area contributed by atoms with Crippen LogP contribution in [0.15, 0.2) is 0 Å². The number of rotatable bonds is 13. The van der Waals surface area contributed by atoms with E-state index in [4.69, 9.17) is 5.11 Å². The number of hydrogen-bond donors (Lipinski definition) is 1. The van der Waals surface area contributed by atoms with Gasteiger partial charge in [-0.25, -0.2) is 0 Å². The summed E-state index contributed by atoms with van der Waals surface area (Å²) < 4.78 is 0. The molecule has 20 heavy (non-hydrogen) atoms. The molecule has 1 N–H and O–H groups in total. The fourth-order valence-electron chi connectivity index (χ4n) is 2.09. The van der Waals surface area contributed by atoms with Gasteiger partial charge in [-0.1, -0.05) is 97.8 Å². The first-order valence-electron chi connectivity index (χ1n) is 8.90. The molecule has 0 amide bonds. The molecule has 0 aromatic heterocycles. The molecule has 0 aliphatic carbocycles. The van der Waals surface area contributed by atoms with Gasteiger partial charge in [0.2, 0.25) is 0 Å². The fraction of sp³-hybridized carbons (Fsp3) is 0.944. The number of unbranched alkanes of at least 4 members (excludes halogenated alkanes) is 11. The van der Waals surface area contributed by atoms with Gasteiger partial charge >= 0.3 is 5.97 Å². The molecule has 0 aliphatic heterocycles. The summed E-state index contributed by atoms with van der Waals surface area (Å²) in [6, 6.07) is 0. The maximum absolute atomic E-state index is 9.87. The molecule has 0 aromatic carbocycles. The first-order valence-corrected chi connectivity index (χ1v) is 8.90. The zero-order valence-corrected chi connectivity index (χ0v) is 14.3. The van der Waals surface area contributed by atoms with Gasteiger partial charge in [-0.05, 0) is 6.42 Å². The Morgan fingerprint density at radius 2 is 0.900 bits per heavy atom. The third-order valence-electron chi connectivity index (χ3n) is 3.45. The number of aliphatic carboxylic acids is 1. The van der Waals surface area contributed by atoms with E-state index in [9.17, 15) is 4.79 Å². The van der Waals surface area contributed by atoms with E-state index in [0.717, 1.165) is 19.3 Å². The highest BCUT2D eigenvalue weighted by Gasteiger charge is 1.92. The molecule has 2 nitrogen and oxygen atoms in total. The van der Waals surface area contributed by atoms with Gasteiger partial charge < -0.3 is 5.11 Å². The van der Waals surface area contributed by atoms with Crippen molar-refractivity contribution in [3.8, 4) is 0 Å². The van der Waals surface area contributed by atoms with Crippen LogP contribution in [0, 0.1) is 0 Å². The van der Waals surface area contributed by atoms with Gasteiger partial charge in [0.1, 0.15) is 0 Å². The first-order chi connectivity index (χ1) is 9.68. The van der Waals surface area contributed by atoms with Gasteiger partial charge in [0.15, 0.2) is 0 Å². The predicted octanol–water partition coefficient (Wildman–Crippen LogP) is 6.58. The van der Waals surface area contributed by atoms with E-state index in [1.165, 1.54) is 64.2 Å². The standard InChI is InChI=1S/C12H26.C6H12O2/c1-3-5-7-9-11-12-10-8-6-4-2;1-2-3-4-5-6(7)8/h3-12H2,1-2H3;2-5H2,1H3,(H,7,8). The van der Waals surface area contributed by atoms with Crippen LogP contribution < -0.4 is 0 Å². The Hall–Kier alpha value is -0.530. The van der Waals surface area contributed by atoms with Crippen molar-refractivity contribution in [2.45, 2.75) is 111 Å². The summed E-state index contributed by atoms with van der Waals surface area (Å²) in [5.74, 6) is -0.682. The van der Waals surface area contributed by atoms with Crippen LogP contribution in [-0.2, 0) is 4.79 Å². The Morgan fingerprint density at radius 3 is 1.20 bits per heavy atom. The molecule has 0 unspecified atom stereocenters. The molecule has 0 bridgehead atoms. The molecule has 0 saturated heterocycles. The summed E-state index contributed by atoms with van der Waals surface area (Å²) in [4.78, 5) is 9.87. The van der Waals surface area contributed by atoms with Crippen LogP contribution in [0.1, 0.15) is 111 Å². The van der Waals surface area contributed by atoms with E-state index in [-0.39, 0.29) is 0 Å². The van der Waals surface area contributed by atoms with E-state index < -0.39 is 5.97 Å². The van der Waals surface area contributed by atoms with Crippen molar-refractivity contribution in [3.63, 3.8) is 0 Å². The topological polar surface area (TPSA) is 37.3 Å². The average Bonchev–Trinajstić information content (AvgIpc) is 2.43. The summed E-state index contributed by atoms with van der Waals surface area (Å²) in [6.45, 7) is 6.62. The van der Waals surface area contributed by atoms with Gasteiger partial charge in [-0.2, -0.15) is 0 Å². The van der Waals surface area contributed by atoms with Crippen molar-refractivity contribution in [2.24, 2.45) is 0 Å². The zero-order valence-electron chi connectivity index (χ0n) is 14.3. The molecule has 0 aromatic rings. The molecule has 0 fully saturated rings. The molecule has 0 heterocycles. The average molecular weight is 286 g/mol. The second-order valence-corrected chi connectivity index (χ2v) is 5.68. The second-order valence-electron chi connectivity index (χ2n) is 5.68. The van der Waals surface area contributed by atoms with Crippen LogP contribution in [0.25, 0.3) is 0 Å². The largest absolute Gasteiger partial charge is 0.481 e. The van der Waals surface area contributed by atoms with Crippen LogP contribution in [0.3, 0.4) is 0 Å². The molecule has 0 radical (unpaired) electrons. The molecule has 2 heteroatoms. The molecule has 0 spiro atoms. The molecular formula is C18H38O2. The highest BCUT2D eigenvalue weighted by Crippen LogP contribution is 2.09. The maximum atomic E-state index is 9.87. The van der Waals surface area contributed by atoms with Crippen molar-refractivity contribution in [3.05, 3.63) is 0 Å². The molecule has 0 atom stereocenters. The summed E-state index contributed by atoms with van der Waals surface area (Å²) in [5.41, 5.74) is 0. The number of hydrogen-bond acceptors (Lipinski definition) is 1. The zero-order chi connectivity index (χ0) is 15.5.